The van der Waals surface area contributed by atoms with Crippen molar-refractivity contribution in [2.45, 2.75) is 37.6 Å². The maximum absolute atomic E-state index is 12.5. The molecule has 0 bridgehead atoms. The van der Waals surface area contributed by atoms with Gasteiger partial charge in [-0.25, -0.2) is 0 Å². The molecule has 1 aliphatic heterocycles. The van der Waals surface area contributed by atoms with Crippen LogP contribution in [0.4, 0.5) is 0 Å². The summed E-state index contributed by atoms with van der Waals surface area (Å²) in [7, 11) is 0. The number of ether oxygens (including phenoxy) is 1. The summed E-state index contributed by atoms with van der Waals surface area (Å²) in [5.74, 6) is 0.00989. The van der Waals surface area contributed by atoms with Gasteiger partial charge in [-0.3, -0.25) is 9.69 Å². The summed E-state index contributed by atoms with van der Waals surface area (Å²) < 4.78 is 6.36. The van der Waals surface area contributed by atoms with Crippen LogP contribution in [0.15, 0.2) is 28.7 Å². The summed E-state index contributed by atoms with van der Waals surface area (Å²) in [4.78, 5) is 15.1. The molecule has 1 saturated heterocycles. The maximum atomic E-state index is 12.5. The summed E-state index contributed by atoms with van der Waals surface area (Å²) in [6.45, 7) is 4.29. The number of nitrogens with zero attached hydrogens (tertiary/aromatic N) is 1. The van der Waals surface area contributed by atoms with Crippen molar-refractivity contribution in [3.05, 3.63) is 34.3 Å². The first kappa shape index (κ1) is 16.9. The fourth-order valence-electron chi connectivity index (χ4n) is 3.84. The summed E-state index contributed by atoms with van der Waals surface area (Å²) in [5.41, 5.74) is 0.819. The van der Waals surface area contributed by atoms with Crippen LogP contribution in [0.2, 0.25) is 0 Å². The number of halogens is 1. The molecule has 23 heavy (non-hydrogen) atoms. The average Bonchev–Trinajstić information content (AvgIpc) is 2.62. The smallest absolute Gasteiger partial charge is 0.252 e. The van der Waals surface area contributed by atoms with Gasteiger partial charge in [0, 0.05) is 29.6 Å². The monoisotopic (exact) mass is 380 g/mol. The molecule has 5 heteroatoms. The van der Waals surface area contributed by atoms with Crippen LogP contribution in [0.25, 0.3) is 0 Å². The molecule has 3 rings (SSSR count). The SMILES string of the molecule is O=C(NCC1(N2CCOCC2)CCCCC1)c1ccccc1Br. The topological polar surface area (TPSA) is 41.6 Å². The lowest BCUT2D eigenvalue weighted by molar-refractivity contribution is -0.0361. The fourth-order valence-corrected chi connectivity index (χ4v) is 4.30. The highest BCUT2D eigenvalue weighted by atomic mass is 79.9. The number of morpholine rings is 1. The Balaban J connectivity index is 1.69. The highest BCUT2D eigenvalue weighted by Crippen LogP contribution is 2.34. The van der Waals surface area contributed by atoms with E-state index in [0.717, 1.165) is 37.3 Å². The second-order valence-electron chi connectivity index (χ2n) is 6.55. The highest BCUT2D eigenvalue weighted by Gasteiger charge is 2.38. The van der Waals surface area contributed by atoms with Crippen molar-refractivity contribution in [3.8, 4) is 0 Å². The number of amides is 1. The minimum atomic E-state index is 0.00989. The predicted molar refractivity (Wildman–Crippen MR) is 94.7 cm³/mol. The van der Waals surface area contributed by atoms with Gasteiger partial charge in [0.1, 0.15) is 0 Å². The van der Waals surface area contributed by atoms with Crippen LogP contribution in [0.3, 0.4) is 0 Å². The van der Waals surface area contributed by atoms with E-state index in [1.165, 1.54) is 32.1 Å². The first-order valence-corrected chi connectivity index (χ1v) is 9.36. The number of rotatable bonds is 4. The van der Waals surface area contributed by atoms with Crippen LogP contribution in [0, 0.1) is 0 Å². The Morgan fingerprint density at radius 1 is 1.17 bits per heavy atom. The van der Waals surface area contributed by atoms with E-state index < -0.39 is 0 Å². The summed E-state index contributed by atoms with van der Waals surface area (Å²) in [6, 6.07) is 7.60. The van der Waals surface area contributed by atoms with Crippen LogP contribution in [0.1, 0.15) is 42.5 Å². The molecule has 4 nitrogen and oxygen atoms in total. The predicted octanol–water partition coefficient (Wildman–Crippen LogP) is 3.21. The Bertz CT molecular complexity index is 538. The van der Waals surface area contributed by atoms with Gasteiger partial charge in [0.25, 0.3) is 5.91 Å². The molecule has 2 aliphatic rings. The Kier molecular flexibility index (Phi) is 5.72. The number of nitrogens with one attached hydrogen (secondary N) is 1. The van der Waals surface area contributed by atoms with Crippen molar-refractivity contribution < 1.29 is 9.53 Å². The fraction of sp³-hybridized carbons (Fsp3) is 0.611. The number of carbonyl (C=O) groups excluding carboxylic acids is 1. The third kappa shape index (κ3) is 3.95. The van der Waals surface area contributed by atoms with E-state index in [2.05, 4.69) is 26.1 Å². The summed E-state index contributed by atoms with van der Waals surface area (Å²) in [5, 5.41) is 3.20. The molecule has 0 radical (unpaired) electrons. The minimum Gasteiger partial charge on any atom is -0.379 e. The molecule has 126 valence electrons. The van der Waals surface area contributed by atoms with Crippen molar-refractivity contribution >= 4 is 21.8 Å². The number of hydrogen-bond acceptors (Lipinski definition) is 3. The molecule has 0 aromatic heterocycles. The second-order valence-corrected chi connectivity index (χ2v) is 7.40. The molecule has 0 atom stereocenters. The molecule has 1 saturated carbocycles. The first-order chi connectivity index (χ1) is 11.2. The average molecular weight is 381 g/mol. The van der Waals surface area contributed by atoms with Crippen LogP contribution in [-0.2, 0) is 4.74 Å². The van der Waals surface area contributed by atoms with Gasteiger partial charge < -0.3 is 10.1 Å². The lowest BCUT2D eigenvalue weighted by atomic mass is 9.79. The number of hydrogen-bond donors (Lipinski definition) is 1. The molecule has 1 heterocycles. The highest BCUT2D eigenvalue weighted by molar-refractivity contribution is 9.10. The Morgan fingerprint density at radius 2 is 1.87 bits per heavy atom. The zero-order valence-electron chi connectivity index (χ0n) is 13.5. The van der Waals surface area contributed by atoms with Crippen molar-refractivity contribution in [3.63, 3.8) is 0 Å². The lowest BCUT2D eigenvalue weighted by Crippen LogP contribution is -2.59. The van der Waals surface area contributed by atoms with Gasteiger partial charge in [-0.05, 0) is 40.9 Å². The van der Waals surface area contributed by atoms with Crippen LogP contribution < -0.4 is 5.32 Å². The van der Waals surface area contributed by atoms with E-state index in [0.29, 0.717) is 5.56 Å². The van der Waals surface area contributed by atoms with E-state index in [1.54, 1.807) is 0 Å². The molecule has 1 amide bonds. The normalized spacial score (nSPS) is 21.8. The van der Waals surface area contributed by atoms with Crippen LogP contribution in [0.5, 0.6) is 0 Å². The summed E-state index contributed by atoms with van der Waals surface area (Å²) >= 11 is 3.47. The van der Waals surface area contributed by atoms with Crippen LogP contribution >= 0.6 is 15.9 Å². The molecule has 0 unspecified atom stereocenters. The van der Waals surface area contributed by atoms with Crippen molar-refractivity contribution in [2.24, 2.45) is 0 Å². The molecular formula is C18H25BrN2O2. The molecule has 1 N–H and O–H groups in total. The third-order valence-corrected chi connectivity index (χ3v) is 5.85. The zero-order chi connectivity index (χ0) is 16.1. The van der Waals surface area contributed by atoms with E-state index in [4.69, 9.17) is 4.74 Å². The Labute approximate surface area is 146 Å². The zero-order valence-corrected chi connectivity index (χ0v) is 15.1. The Morgan fingerprint density at radius 3 is 2.57 bits per heavy atom. The Hall–Kier alpha value is -0.910. The minimum absolute atomic E-state index is 0.00989. The summed E-state index contributed by atoms with van der Waals surface area (Å²) in [6.07, 6.45) is 6.15. The standard InChI is InChI=1S/C18H25BrN2O2/c19-16-7-3-2-6-15(16)17(22)20-14-18(8-4-1-5-9-18)21-10-12-23-13-11-21/h2-3,6-7H,1,4-5,8-14H2,(H,20,22). The van der Waals surface area contributed by atoms with E-state index in [1.807, 2.05) is 24.3 Å². The van der Waals surface area contributed by atoms with E-state index in [-0.39, 0.29) is 11.4 Å². The molecule has 2 fully saturated rings. The first-order valence-electron chi connectivity index (χ1n) is 8.57. The second kappa shape index (κ2) is 7.77. The van der Waals surface area contributed by atoms with Crippen molar-refractivity contribution in [1.29, 1.82) is 0 Å². The van der Waals surface area contributed by atoms with Crippen molar-refractivity contribution in [2.75, 3.05) is 32.8 Å². The van der Waals surface area contributed by atoms with Gasteiger partial charge in [-0.15, -0.1) is 0 Å². The molecular weight excluding hydrogens is 356 g/mol. The molecule has 1 aromatic carbocycles. The largest absolute Gasteiger partial charge is 0.379 e. The van der Waals surface area contributed by atoms with Gasteiger partial charge in [-0.1, -0.05) is 31.4 Å². The number of carbonyl (C=O) groups is 1. The van der Waals surface area contributed by atoms with Gasteiger partial charge in [-0.2, -0.15) is 0 Å². The van der Waals surface area contributed by atoms with Gasteiger partial charge >= 0.3 is 0 Å². The van der Waals surface area contributed by atoms with Gasteiger partial charge in [0.15, 0.2) is 0 Å². The van der Waals surface area contributed by atoms with Crippen molar-refractivity contribution in [1.82, 2.24) is 10.2 Å². The van der Waals surface area contributed by atoms with E-state index in [9.17, 15) is 4.79 Å². The molecule has 1 aliphatic carbocycles. The lowest BCUT2D eigenvalue weighted by Gasteiger charge is -2.48. The quantitative estimate of drug-likeness (QED) is 0.871. The maximum Gasteiger partial charge on any atom is 0.252 e. The number of benzene rings is 1. The third-order valence-electron chi connectivity index (χ3n) is 5.16. The molecule has 0 spiro atoms. The van der Waals surface area contributed by atoms with Gasteiger partial charge in [0.05, 0.1) is 18.8 Å². The molecule has 1 aromatic rings. The van der Waals surface area contributed by atoms with E-state index >= 15 is 0 Å². The van der Waals surface area contributed by atoms with Gasteiger partial charge in [0.2, 0.25) is 0 Å². The van der Waals surface area contributed by atoms with Crippen LogP contribution in [-0.4, -0.2) is 49.2 Å².